The molecule has 1 aromatic carbocycles. The van der Waals surface area contributed by atoms with Crippen LogP contribution >= 0.6 is 23.4 Å². The fourth-order valence-electron chi connectivity index (χ4n) is 2.57. The first-order valence-electron chi connectivity index (χ1n) is 8.45. The van der Waals surface area contributed by atoms with E-state index >= 15 is 0 Å². The predicted octanol–water partition coefficient (Wildman–Crippen LogP) is 3.98. The number of carbonyl (C=O) groups excluding carboxylic acids is 1. The molecule has 28 heavy (non-hydrogen) atoms. The van der Waals surface area contributed by atoms with Crippen LogP contribution in [0.15, 0.2) is 66.2 Å². The summed E-state index contributed by atoms with van der Waals surface area (Å²) < 4.78 is 1.75. The molecular formula is C19H15ClN6OS. The number of benzene rings is 1. The number of hydrogen-bond acceptors (Lipinski definition) is 6. The monoisotopic (exact) mass is 410 g/mol. The van der Waals surface area contributed by atoms with E-state index in [2.05, 4.69) is 25.4 Å². The fourth-order valence-corrected chi connectivity index (χ4v) is 3.56. The van der Waals surface area contributed by atoms with Crippen molar-refractivity contribution in [3.8, 4) is 5.69 Å². The summed E-state index contributed by atoms with van der Waals surface area (Å²) in [5.41, 5.74) is 1.60. The van der Waals surface area contributed by atoms with E-state index in [0.717, 1.165) is 11.1 Å². The Kier molecular flexibility index (Phi) is 5.23. The van der Waals surface area contributed by atoms with E-state index in [9.17, 15) is 4.79 Å². The van der Waals surface area contributed by atoms with Crippen LogP contribution in [0.3, 0.4) is 0 Å². The minimum atomic E-state index is -0.393. The molecule has 3 aromatic heterocycles. The second kappa shape index (κ2) is 7.95. The molecular weight excluding hydrogens is 396 g/mol. The Morgan fingerprint density at radius 2 is 1.93 bits per heavy atom. The molecule has 0 saturated carbocycles. The molecule has 1 amide bonds. The Morgan fingerprint density at radius 3 is 2.68 bits per heavy atom. The lowest BCUT2D eigenvalue weighted by Crippen LogP contribution is -2.23. The van der Waals surface area contributed by atoms with Crippen molar-refractivity contribution in [2.45, 2.75) is 17.2 Å². The minimum Gasteiger partial charge on any atom is -0.310 e. The molecule has 1 unspecified atom stereocenters. The highest BCUT2D eigenvalue weighted by Gasteiger charge is 2.19. The highest BCUT2D eigenvalue weighted by Crippen LogP contribution is 2.29. The van der Waals surface area contributed by atoms with E-state index < -0.39 is 5.25 Å². The number of rotatable bonds is 5. The van der Waals surface area contributed by atoms with Gasteiger partial charge in [-0.3, -0.25) is 4.79 Å². The number of nitrogens with one attached hydrogen (secondary N) is 1. The molecule has 0 spiro atoms. The summed E-state index contributed by atoms with van der Waals surface area (Å²) in [6.07, 6.45) is 4.69. The van der Waals surface area contributed by atoms with E-state index in [1.807, 2.05) is 37.3 Å². The molecule has 1 atom stereocenters. The van der Waals surface area contributed by atoms with Gasteiger partial charge >= 0.3 is 0 Å². The van der Waals surface area contributed by atoms with Gasteiger partial charge in [0, 0.05) is 6.20 Å². The number of anilines is 1. The lowest BCUT2D eigenvalue weighted by atomic mass is 10.3. The number of pyridine rings is 1. The first kappa shape index (κ1) is 18.4. The van der Waals surface area contributed by atoms with Gasteiger partial charge in [0.25, 0.3) is 0 Å². The quantitative estimate of drug-likeness (QED) is 0.395. The summed E-state index contributed by atoms with van der Waals surface area (Å²) in [6.45, 7) is 1.81. The SMILES string of the molecule is CC(Sc1ncnc2c1cnn2-c1ccccc1)C(=O)Nc1ccc(Cl)cn1. The zero-order chi connectivity index (χ0) is 19.5. The topological polar surface area (TPSA) is 85.6 Å². The third-order valence-corrected chi connectivity index (χ3v) is 5.31. The van der Waals surface area contributed by atoms with Gasteiger partial charge in [-0.15, -0.1) is 0 Å². The zero-order valence-corrected chi connectivity index (χ0v) is 16.4. The summed E-state index contributed by atoms with van der Waals surface area (Å²) in [5, 5.41) is 8.81. The first-order valence-corrected chi connectivity index (χ1v) is 9.71. The molecule has 1 N–H and O–H groups in total. The van der Waals surface area contributed by atoms with Crippen molar-refractivity contribution in [3.05, 3.63) is 66.2 Å². The molecule has 9 heteroatoms. The van der Waals surface area contributed by atoms with Crippen LogP contribution < -0.4 is 5.32 Å². The number of hydrogen-bond donors (Lipinski definition) is 1. The van der Waals surface area contributed by atoms with Crippen LogP contribution in [-0.2, 0) is 4.79 Å². The molecule has 0 radical (unpaired) electrons. The average Bonchev–Trinajstić information content (AvgIpc) is 3.15. The number of para-hydroxylation sites is 1. The van der Waals surface area contributed by atoms with Crippen molar-refractivity contribution >= 4 is 46.1 Å². The van der Waals surface area contributed by atoms with E-state index in [1.54, 1.807) is 23.0 Å². The maximum Gasteiger partial charge on any atom is 0.238 e. The summed E-state index contributed by atoms with van der Waals surface area (Å²) >= 11 is 7.16. The van der Waals surface area contributed by atoms with Crippen LogP contribution in [0.1, 0.15) is 6.92 Å². The van der Waals surface area contributed by atoms with Crippen molar-refractivity contribution in [1.82, 2.24) is 24.7 Å². The highest BCUT2D eigenvalue weighted by molar-refractivity contribution is 8.00. The number of thioether (sulfide) groups is 1. The molecule has 0 aliphatic carbocycles. The number of aromatic nitrogens is 5. The van der Waals surface area contributed by atoms with Crippen molar-refractivity contribution < 1.29 is 4.79 Å². The van der Waals surface area contributed by atoms with E-state index in [4.69, 9.17) is 11.6 Å². The van der Waals surface area contributed by atoms with Crippen LogP contribution in [0.4, 0.5) is 5.82 Å². The largest absolute Gasteiger partial charge is 0.310 e. The molecule has 4 rings (SSSR count). The van der Waals surface area contributed by atoms with Gasteiger partial charge in [-0.25, -0.2) is 19.6 Å². The van der Waals surface area contributed by atoms with Crippen molar-refractivity contribution in [2.75, 3.05) is 5.32 Å². The maximum atomic E-state index is 12.5. The summed E-state index contributed by atoms with van der Waals surface area (Å²) in [7, 11) is 0. The van der Waals surface area contributed by atoms with Crippen LogP contribution in [0.5, 0.6) is 0 Å². The minimum absolute atomic E-state index is 0.179. The van der Waals surface area contributed by atoms with Crippen LogP contribution in [0.25, 0.3) is 16.7 Å². The molecule has 0 aliphatic rings. The number of fused-ring (bicyclic) bond motifs is 1. The second-order valence-electron chi connectivity index (χ2n) is 5.92. The lowest BCUT2D eigenvalue weighted by molar-refractivity contribution is -0.115. The zero-order valence-electron chi connectivity index (χ0n) is 14.8. The van der Waals surface area contributed by atoms with Crippen LogP contribution in [0, 0.1) is 0 Å². The Hall–Kier alpha value is -2.97. The Balaban J connectivity index is 1.55. The Morgan fingerprint density at radius 1 is 1.11 bits per heavy atom. The smallest absolute Gasteiger partial charge is 0.238 e. The van der Waals surface area contributed by atoms with Gasteiger partial charge in [0.2, 0.25) is 5.91 Å². The van der Waals surface area contributed by atoms with Gasteiger partial charge in [-0.05, 0) is 31.2 Å². The van der Waals surface area contributed by atoms with E-state index in [0.29, 0.717) is 21.5 Å². The number of halogens is 1. The van der Waals surface area contributed by atoms with Gasteiger partial charge in [-0.2, -0.15) is 5.10 Å². The lowest BCUT2D eigenvalue weighted by Gasteiger charge is -2.11. The third kappa shape index (κ3) is 3.83. The summed E-state index contributed by atoms with van der Waals surface area (Å²) in [6, 6.07) is 13.1. The van der Waals surface area contributed by atoms with E-state index in [1.165, 1.54) is 24.3 Å². The Bertz CT molecular complexity index is 1120. The normalized spacial score (nSPS) is 12.1. The van der Waals surface area contributed by atoms with Gasteiger partial charge in [0.15, 0.2) is 5.65 Å². The molecule has 3 heterocycles. The maximum absolute atomic E-state index is 12.5. The van der Waals surface area contributed by atoms with Crippen molar-refractivity contribution in [2.24, 2.45) is 0 Å². The fraction of sp³-hybridized carbons (Fsp3) is 0.105. The van der Waals surface area contributed by atoms with Gasteiger partial charge in [0.05, 0.1) is 27.5 Å². The van der Waals surface area contributed by atoms with Gasteiger partial charge in [0.1, 0.15) is 17.2 Å². The molecule has 4 aromatic rings. The van der Waals surface area contributed by atoms with Gasteiger partial charge in [-0.1, -0.05) is 41.6 Å². The summed E-state index contributed by atoms with van der Waals surface area (Å²) in [5.74, 6) is 0.272. The molecule has 140 valence electrons. The molecule has 0 aliphatic heterocycles. The standard InChI is InChI=1S/C19H15ClN6OS/c1-12(18(27)25-16-8-7-13(20)9-21-16)28-19-15-10-24-26(17(15)22-11-23-19)14-5-3-2-4-6-14/h2-12H,1H3,(H,21,25,27). The third-order valence-electron chi connectivity index (χ3n) is 3.97. The van der Waals surface area contributed by atoms with E-state index in [-0.39, 0.29) is 5.91 Å². The van der Waals surface area contributed by atoms with Crippen LogP contribution in [-0.4, -0.2) is 35.9 Å². The first-order chi connectivity index (χ1) is 13.6. The predicted molar refractivity (Wildman–Crippen MR) is 110 cm³/mol. The highest BCUT2D eigenvalue weighted by atomic mass is 35.5. The van der Waals surface area contributed by atoms with Gasteiger partial charge < -0.3 is 5.32 Å². The second-order valence-corrected chi connectivity index (χ2v) is 7.68. The number of carbonyl (C=O) groups is 1. The number of nitrogens with zero attached hydrogens (tertiary/aromatic N) is 5. The molecule has 0 bridgehead atoms. The average molecular weight is 411 g/mol. The van der Waals surface area contributed by atoms with Crippen molar-refractivity contribution in [1.29, 1.82) is 0 Å². The molecule has 7 nitrogen and oxygen atoms in total. The summed E-state index contributed by atoms with van der Waals surface area (Å²) in [4.78, 5) is 25.3. The Labute approximate surface area is 170 Å². The molecule has 0 fully saturated rings. The van der Waals surface area contributed by atoms with Crippen LogP contribution in [0.2, 0.25) is 5.02 Å². The van der Waals surface area contributed by atoms with Crippen molar-refractivity contribution in [3.63, 3.8) is 0 Å². The molecule has 0 saturated heterocycles. The number of amides is 1.